The van der Waals surface area contributed by atoms with Crippen molar-refractivity contribution in [2.75, 3.05) is 26.2 Å². The number of aryl methyl sites for hydroxylation is 3. The molecule has 0 N–H and O–H groups in total. The van der Waals surface area contributed by atoms with Crippen molar-refractivity contribution in [3.8, 4) is 0 Å². The Labute approximate surface area is 166 Å². The van der Waals surface area contributed by atoms with E-state index in [-0.39, 0.29) is 5.91 Å². The van der Waals surface area contributed by atoms with Crippen molar-refractivity contribution in [3.63, 3.8) is 0 Å². The lowest BCUT2D eigenvalue weighted by Gasteiger charge is -2.35. The van der Waals surface area contributed by atoms with Gasteiger partial charge in [0, 0.05) is 44.5 Å². The van der Waals surface area contributed by atoms with Crippen LogP contribution in [-0.4, -0.2) is 51.7 Å². The molecule has 0 spiro atoms. The molecule has 0 bridgehead atoms. The lowest BCUT2D eigenvalue weighted by molar-refractivity contribution is -0.133. The lowest BCUT2D eigenvalue weighted by atomic mass is 10.1. The van der Waals surface area contributed by atoms with Gasteiger partial charge in [0.25, 0.3) is 0 Å². The van der Waals surface area contributed by atoms with Crippen LogP contribution in [0.5, 0.6) is 0 Å². The second-order valence-corrected chi connectivity index (χ2v) is 7.83. The standard InChI is InChI=1S/C23H28N4O/c1-18-4-3-5-20(14-18)17-25-10-12-26(13-11-25)23(28)8-9-27-22-15-19(2)6-7-21(22)16-24-27/h3-7,14-16H,8-13,17H2,1-2H3. The highest BCUT2D eigenvalue weighted by atomic mass is 16.2. The summed E-state index contributed by atoms with van der Waals surface area (Å²) in [5, 5.41) is 5.58. The average molecular weight is 377 g/mol. The molecular weight excluding hydrogens is 348 g/mol. The number of piperazine rings is 1. The van der Waals surface area contributed by atoms with Crippen molar-refractivity contribution in [3.05, 3.63) is 65.4 Å². The van der Waals surface area contributed by atoms with Gasteiger partial charge in [-0.05, 0) is 31.0 Å². The zero-order chi connectivity index (χ0) is 19.5. The minimum Gasteiger partial charge on any atom is -0.340 e. The first-order chi connectivity index (χ1) is 13.6. The molecule has 1 fully saturated rings. The molecule has 0 atom stereocenters. The molecule has 1 aliphatic rings. The number of carbonyl (C=O) groups excluding carboxylic acids is 1. The van der Waals surface area contributed by atoms with Gasteiger partial charge in [-0.1, -0.05) is 42.0 Å². The molecule has 146 valence electrons. The Hall–Kier alpha value is -2.66. The fraction of sp³-hybridized carbons (Fsp3) is 0.391. The Bertz CT molecular complexity index is 970. The van der Waals surface area contributed by atoms with E-state index in [2.05, 4.69) is 66.3 Å². The first-order valence-corrected chi connectivity index (χ1v) is 10.1. The maximum atomic E-state index is 12.7. The molecule has 0 unspecified atom stereocenters. The fourth-order valence-electron chi connectivity index (χ4n) is 3.94. The predicted molar refractivity (Wildman–Crippen MR) is 112 cm³/mol. The summed E-state index contributed by atoms with van der Waals surface area (Å²) in [7, 11) is 0. The van der Waals surface area contributed by atoms with Crippen LogP contribution in [-0.2, 0) is 17.9 Å². The smallest absolute Gasteiger partial charge is 0.224 e. The summed E-state index contributed by atoms with van der Waals surface area (Å²) in [5.41, 5.74) is 4.97. The monoisotopic (exact) mass is 376 g/mol. The zero-order valence-corrected chi connectivity index (χ0v) is 16.8. The lowest BCUT2D eigenvalue weighted by Crippen LogP contribution is -2.48. The van der Waals surface area contributed by atoms with Gasteiger partial charge in [0.1, 0.15) is 0 Å². The summed E-state index contributed by atoms with van der Waals surface area (Å²) in [4.78, 5) is 17.1. The summed E-state index contributed by atoms with van der Waals surface area (Å²) in [6.45, 7) is 9.29. The van der Waals surface area contributed by atoms with Gasteiger partial charge in [0.15, 0.2) is 0 Å². The number of amides is 1. The number of hydrogen-bond donors (Lipinski definition) is 0. The normalized spacial score (nSPS) is 15.3. The number of fused-ring (bicyclic) bond motifs is 1. The van der Waals surface area contributed by atoms with Crippen LogP contribution >= 0.6 is 0 Å². The number of nitrogens with zero attached hydrogens (tertiary/aromatic N) is 4. The van der Waals surface area contributed by atoms with Crippen molar-refractivity contribution in [2.24, 2.45) is 0 Å². The van der Waals surface area contributed by atoms with E-state index in [0.29, 0.717) is 13.0 Å². The van der Waals surface area contributed by atoms with E-state index in [4.69, 9.17) is 0 Å². The molecule has 28 heavy (non-hydrogen) atoms. The van der Waals surface area contributed by atoms with E-state index in [1.165, 1.54) is 16.7 Å². The second-order valence-electron chi connectivity index (χ2n) is 7.83. The summed E-state index contributed by atoms with van der Waals surface area (Å²) >= 11 is 0. The van der Waals surface area contributed by atoms with Crippen molar-refractivity contribution in [1.82, 2.24) is 19.6 Å². The Morgan fingerprint density at radius 3 is 2.57 bits per heavy atom. The zero-order valence-electron chi connectivity index (χ0n) is 16.8. The van der Waals surface area contributed by atoms with E-state index in [9.17, 15) is 4.79 Å². The fourth-order valence-corrected chi connectivity index (χ4v) is 3.94. The molecule has 2 aromatic carbocycles. The van der Waals surface area contributed by atoms with Crippen LogP contribution in [0, 0.1) is 13.8 Å². The maximum Gasteiger partial charge on any atom is 0.224 e. The van der Waals surface area contributed by atoms with E-state index in [0.717, 1.165) is 43.6 Å². The molecule has 3 aromatic rings. The SMILES string of the molecule is Cc1cccc(CN2CCN(C(=O)CCn3ncc4ccc(C)cc43)CC2)c1. The molecule has 1 saturated heterocycles. The van der Waals surface area contributed by atoms with Gasteiger partial charge in [-0.25, -0.2) is 0 Å². The van der Waals surface area contributed by atoms with Crippen LogP contribution in [0.15, 0.2) is 48.7 Å². The number of carbonyl (C=O) groups is 1. The minimum absolute atomic E-state index is 0.228. The Kier molecular flexibility index (Phi) is 5.44. The topological polar surface area (TPSA) is 41.4 Å². The molecule has 1 aromatic heterocycles. The average Bonchev–Trinajstić information content (AvgIpc) is 3.09. The van der Waals surface area contributed by atoms with Crippen LogP contribution in [0.2, 0.25) is 0 Å². The van der Waals surface area contributed by atoms with Crippen molar-refractivity contribution < 1.29 is 4.79 Å². The molecule has 0 aliphatic carbocycles. The summed E-state index contributed by atoms with van der Waals surface area (Å²) in [6.07, 6.45) is 2.38. The van der Waals surface area contributed by atoms with Gasteiger partial charge in [-0.2, -0.15) is 5.10 Å². The first-order valence-electron chi connectivity index (χ1n) is 10.1. The molecule has 2 heterocycles. The Morgan fingerprint density at radius 2 is 1.79 bits per heavy atom. The molecule has 0 radical (unpaired) electrons. The number of hydrogen-bond acceptors (Lipinski definition) is 3. The van der Waals surface area contributed by atoms with Gasteiger partial charge >= 0.3 is 0 Å². The third kappa shape index (κ3) is 4.25. The second kappa shape index (κ2) is 8.15. The first kappa shape index (κ1) is 18.7. The highest BCUT2D eigenvalue weighted by Gasteiger charge is 2.21. The van der Waals surface area contributed by atoms with Crippen molar-refractivity contribution in [1.29, 1.82) is 0 Å². The van der Waals surface area contributed by atoms with E-state index in [1.54, 1.807) is 0 Å². The molecule has 5 nitrogen and oxygen atoms in total. The van der Waals surface area contributed by atoms with Crippen LogP contribution in [0.4, 0.5) is 0 Å². The van der Waals surface area contributed by atoms with E-state index < -0.39 is 0 Å². The minimum atomic E-state index is 0.228. The quantitative estimate of drug-likeness (QED) is 0.685. The summed E-state index contributed by atoms with van der Waals surface area (Å²) in [5.74, 6) is 0.228. The molecule has 1 amide bonds. The molecule has 0 saturated carbocycles. The third-order valence-electron chi connectivity index (χ3n) is 5.55. The number of benzene rings is 2. The largest absolute Gasteiger partial charge is 0.340 e. The predicted octanol–water partition coefficient (Wildman–Crippen LogP) is 3.39. The van der Waals surface area contributed by atoms with Crippen LogP contribution in [0.1, 0.15) is 23.1 Å². The molecule has 4 rings (SSSR count). The maximum absolute atomic E-state index is 12.7. The summed E-state index contributed by atoms with van der Waals surface area (Å²) in [6, 6.07) is 15.0. The van der Waals surface area contributed by atoms with Gasteiger partial charge in [-0.15, -0.1) is 0 Å². The molecule has 1 aliphatic heterocycles. The summed E-state index contributed by atoms with van der Waals surface area (Å²) < 4.78 is 1.95. The highest BCUT2D eigenvalue weighted by Crippen LogP contribution is 2.16. The van der Waals surface area contributed by atoms with Gasteiger partial charge in [0.2, 0.25) is 5.91 Å². The Balaban J connectivity index is 1.28. The highest BCUT2D eigenvalue weighted by molar-refractivity contribution is 5.80. The van der Waals surface area contributed by atoms with E-state index in [1.807, 2.05) is 15.8 Å². The number of aromatic nitrogens is 2. The van der Waals surface area contributed by atoms with Crippen molar-refractivity contribution in [2.45, 2.75) is 33.4 Å². The van der Waals surface area contributed by atoms with Crippen LogP contribution in [0.25, 0.3) is 10.9 Å². The van der Waals surface area contributed by atoms with Crippen LogP contribution in [0.3, 0.4) is 0 Å². The van der Waals surface area contributed by atoms with Gasteiger partial charge in [0.05, 0.1) is 18.3 Å². The third-order valence-corrected chi connectivity index (χ3v) is 5.55. The van der Waals surface area contributed by atoms with Gasteiger partial charge < -0.3 is 4.90 Å². The Morgan fingerprint density at radius 1 is 1.00 bits per heavy atom. The van der Waals surface area contributed by atoms with Crippen molar-refractivity contribution >= 4 is 16.8 Å². The molecular formula is C23H28N4O. The van der Waals surface area contributed by atoms with Crippen LogP contribution < -0.4 is 0 Å². The van der Waals surface area contributed by atoms with E-state index >= 15 is 0 Å². The molecule has 5 heteroatoms. The van der Waals surface area contributed by atoms with Gasteiger partial charge in [-0.3, -0.25) is 14.4 Å². The number of rotatable bonds is 5.